The topological polar surface area (TPSA) is 90.1 Å². The van der Waals surface area contributed by atoms with Gasteiger partial charge >= 0.3 is 5.97 Å². The number of aromatic hydroxyl groups is 1. The minimum Gasteiger partial charge on any atom is -0.506 e. The van der Waals surface area contributed by atoms with Crippen LogP contribution in [-0.2, 0) is 9.53 Å². The third kappa shape index (κ3) is 4.87. The van der Waals surface area contributed by atoms with E-state index in [2.05, 4.69) is 36.9 Å². The highest BCUT2D eigenvalue weighted by Crippen LogP contribution is 2.36. The van der Waals surface area contributed by atoms with Crippen molar-refractivity contribution in [3.05, 3.63) is 87.4 Å². The molecule has 0 radical (unpaired) electrons. The van der Waals surface area contributed by atoms with Crippen molar-refractivity contribution in [2.75, 3.05) is 13.2 Å². The van der Waals surface area contributed by atoms with Crippen LogP contribution < -0.4 is 19.6 Å². The van der Waals surface area contributed by atoms with Crippen LogP contribution in [0.2, 0.25) is 0 Å². The normalized spacial score (nSPS) is 15.6. The molecule has 182 valence electrons. The summed E-state index contributed by atoms with van der Waals surface area (Å²) in [6.07, 6.45) is 1.73. The number of carbonyl (C=O) groups excluding carboxylic acids is 1. The molecule has 4 rings (SSSR count). The monoisotopic (exact) mass is 620 g/mol. The number of allylic oxidation sites excluding steroid dienone is 1. The van der Waals surface area contributed by atoms with Crippen LogP contribution in [0.5, 0.6) is 11.5 Å². The van der Waals surface area contributed by atoms with Crippen molar-refractivity contribution in [3.8, 4) is 11.5 Å². The second kappa shape index (κ2) is 10.5. The summed E-state index contributed by atoms with van der Waals surface area (Å²) in [5, 5.41) is 10.0. The summed E-state index contributed by atoms with van der Waals surface area (Å²) in [5.74, 6) is 0.133. The molecule has 1 atom stereocenters. The number of halogens is 2. The summed E-state index contributed by atoms with van der Waals surface area (Å²) in [5.41, 5.74) is 1.88. The van der Waals surface area contributed by atoms with Crippen LogP contribution in [0.15, 0.2) is 66.4 Å². The van der Waals surface area contributed by atoms with E-state index in [4.69, 9.17) is 9.47 Å². The molecule has 1 aromatic heterocycles. The quantitative estimate of drug-likeness (QED) is 0.412. The van der Waals surface area contributed by atoms with E-state index in [1.165, 1.54) is 15.9 Å². The predicted molar refractivity (Wildman–Crippen MR) is 142 cm³/mol. The molecule has 0 aliphatic carbocycles. The summed E-state index contributed by atoms with van der Waals surface area (Å²) in [4.78, 5) is 31.9. The summed E-state index contributed by atoms with van der Waals surface area (Å²) >= 11 is 7.88. The van der Waals surface area contributed by atoms with E-state index in [1.54, 1.807) is 32.1 Å². The van der Waals surface area contributed by atoms with E-state index in [1.807, 2.05) is 31.2 Å². The van der Waals surface area contributed by atoms with Crippen LogP contribution in [0.25, 0.3) is 6.08 Å². The molecule has 0 unspecified atom stereocenters. The molecule has 0 amide bonds. The lowest BCUT2D eigenvalue weighted by Gasteiger charge is -2.26. The Hall–Kier alpha value is -2.69. The van der Waals surface area contributed by atoms with E-state index >= 15 is 0 Å². The van der Waals surface area contributed by atoms with Gasteiger partial charge in [-0.2, -0.15) is 0 Å². The molecule has 35 heavy (non-hydrogen) atoms. The van der Waals surface area contributed by atoms with Crippen LogP contribution in [-0.4, -0.2) is 28.9 Å². The van der Waals surface area contributed by atoms with Gasteiger partial charge in [0.2, 0.25) is 0 Å². The Bertz CT molecular complexity index is 1500. The number of aromatic nitrogens is 1. The second-order valence-electron chi connectivity index (χ2n) is 7.61. The number of phenolic OH excluding ortho intramolecular Hbond substituents is 1. The average Bonchev–Trinajstić information content (AvgIpc) is 3.11. The standard InChI is InChI=1S/C25H22Br2N2O5S/c1-4-33-18-9-7-6-8-15(18)21-20(24(32)34-5-2)13(3)28-25-29(21)23(31)19(35-25)12-14-10-16(26)22(30)17(27)11-14/h6-12,21,30H,4-5H2,1-3H3/b19-12-/t21-/m0/s1. The SMILES string of the molecule is CCOC(=O)C1=C(C)N=c2s/c(=C\c3cc(Br)c(O)c(Br)c3)c(=O)n2[C@H]1c1ccccc1OCC. The smallest absolute Gasteiger partial charge is 0.338 e. The number of thiazole rings is 1. The molecule has 0 fully saturated rings. The zero-order valence-corrected chi connectivity index (χ0v) is 23.2. The highest BCUT2D eigenvalue weighted by molar-refractivity contribution is 9.11. The Kier molecular flexibility index (Phi) is 7.63. The first kappa shape index (κ1) is 25.4. The summed E-state index contributed by atoms with van der Waals surface area (Å²) < 4.78 is 14.1. The number of hydrogen-bond donors (Lipinski definition) is 1. The van der Waals surface area contributed by atoms with Crippen LogP contribution in [0.4, 0.5) is 0 Å². The van der Waals surface area contributed by atoms with E-state index < -0.39 is 12.0 Å². The number of nitrogens with zero attached hydrogens (tertiary/aromatic N) is 2. The number of benzene rings is 2. The minimum absolute atomic E-state index is 0.0749. The fourth-order valence-corrected chi connectivity index (χ4v) is 6.17. The van der Waals surface area contributed by atoms with Gasteiger partial charge in [-0.05, 0) is 82.5 Å². The lowest BCUT2D eigenvalue weighted by Crippen LogP contribution is -2.40. The number of carbonyl (C=O) groups is 1. The minimum atomic E-state index is -0.756. The largest absolute Gasteiger partial charge is 0.506 e. The highest BCUT2D eigenvalue weighted by Gasteiger charge is 2.35. The number of rotatable bonds is 6. The lowest BCUT2D eigenvalue weighted by atomic mass is 9.95. The predicted octanol–water partition coefficient (Wildman–Crippen LogP) is 4.43. The van der Waals surface area contributed by atoms with Gasteiger partial charge in [0.25, 0.3) is 5.56 Å². The zero-order valence-electron chi connectivity index (χ0n) is 19.2. The third-order valence-corrected chi connectivity index (χ3v) is 7.56. The van der Waals surface area contributed by atoms with Crippen LogP contribution in [0.1, 0.15) is 37.9 Å². The first-order valence-corrected chi connectivity index (χ1v) is 13.3. The van der Waals surface area contributed by atoms with Gasteiger partial charge in [0.05, 0.1) is 38.0 Å². The molecule has 1 aliphatic heterocycles. The van der Waals surface area contributed by atoms with Gasteiger partial charge in [0.15, 0.2) is 4.80 Å². The third-order valence-electron chi connectivity index (χ3n) is 5.37. The van der Waals surface area contributed by atoms with Crippen molar-refractivity contribution in [2.24, 2.45) is 4.99 Å². The molecule has 0 spiro atoms. The van der Waals surface area contributed by atoms with Gasteiger partial charge in [0, 0.05) is 5.56 Å². The summed E-state index contributed by atoms with van der Waals surface area (Å²) in [6.45, 7) is 5.99. The van der Waals surface area contributed by atoms with Crippen molar-refractivity contribution in [3.63, 3.8) is 0 Å². The Balaban J connectivity index is 1.99. The molecule has 2 aromatic carbocycles. The second-order valence-corrected chi connectivity index (χ2v) is 10.3. The summed E-state index contributed by atoms with van der Waals surface area (Å²) in [7, 11) is 0. The Morgan fingerprint density at radius 3 is 2.54 bits per heavy atom. The van der Waals surface area contributed by atoms with Crippen LogP contribution in [0, 0.1) is 0 Å². The van der Waals surface area contributed by atoms with Gasteiger partial charge in [-0.3, -0.25) is 9.36 Å². The number of phenols is 1. The Morgan fingerprint density at radius 1 is 1.20 bits per heavy atom. The van der Waals surface area contributed by atoms with Crippen molar-refractivity contribution in [1.29, 1.82) is 0 Å². The number of fused-ring (bicyclic) bond motifs is 1. The van der Waals surface area contributed by atoms with E-state index in [9.17, 15) is 14.7 Å². The maximum atomic E-state index is 13.7. The number of esters is 1. The van der Waals surface area contributed by atoms with Gasteiger partial charge in [-0.1, -0.05) is 29.5 Å². The Labute approximate surface area is 222 Å². The molecule has 3 aromatic rings. The molecule has 7 nitrogen and oxygen atoms in total. The molecule has 0 saturated heterocycles. The molecule has 1 aliphatic rings. The van der Waals surface area contributed by atoms with Gasteiger partial charge in [-0.25, -0.2) is 9.79 Å². The van der Waals surface area contributed by atoms with E-state index in [0.717, 1.165) is 0 Å². The molecular formula is C25H22Br2N2O5S. The molecule has 0 saturated carbocycles. The first-order valence-electron chi connectivity index (χ1n) is 10.9. The maximum Gasteiger partial charge on any atom is 0.338 e. The van der Waals surface area contributed by atoms with Crippen molar-refractivity contribution >= 4 is 55.2 Å². The van der Waals surface area contributed by atoms with Gasteiger partial charge in [-0.15, -0.1) is 0 Å². The molecule has 2 heterocycles. The highest BCUT2D eigenvalue weighted by atomic mass is 79.9. The molecule has 0 bridgehead atoms. The molecule has 1 N–H and O–H groups in total. The average molecular weight is 622 g/mol. The fraction of sp³-hybridized carbons (Fsp3) is 0.240. The summed E-state index contributed by atoms with van der Waals surface area (Å²) in [6, 6.07) is 10.0. The van der Waals surface area contributed by atoms with Crippen LogP contribution in [0.3, 0.4) is 0 Å². The number of ether oxygens (including phenoxy) is 2. The number of para-hydroxylation sites is 1. The van der Waals surface area contributed by atoms with Gasteiger partial charge in [0.1, 0.15) is 17.5 Å². The first-order chi connectivity index (χ1) is 16.8. The van der Waals surface area contributed by atoms with Crippen molar-refractivity contribution < 1.29 is 19.4 Å². The van der Waals surface area contributed by atoms with Crippen molar-refractivity contribution in [2.45, 2.75) is 26.8 Å². The van der Waals surface area contributed by atoms with Crippen LogP contribution >= 0.6 is 43.2 Å². The van der Waals surface area contributed by atoms with Crippen molar-refractivity contribution in [1.82, 2.24) is 4.57 Å². The molecule has 10 heteroatoms. The zero-order chi connectivity index (χ0) is 25.3. The number of hydrogen-bond acceptors (Lipinski definition) is 7. The lowest BCUT2D eigenvalue weighted by molar-refractivity contribution is -0.139. The molecular weight excluding hydrogens is 600 g/mol. The Morgan fingerprint density at radius 2 is 1.89 bits per heavy atom. The van der Waals surface area contributed by atoms with Gasteiger partial charge < -0.3 is 14.6 Å². The van der Waals surface area contributed by atoms with E-state index in [0.29, 0.717) is 53.0 Å². The fourth-order valence-electron chi connectivity index (χ4n) is 3.90. The maximum absolute atomic E-state index is 13.7. The van der Waals surface area contributed by atoms with E-state index in [-0.39, 0.29) is 17.9 Å².